The molecule has 21 nitrogen and oxygen atoms in total. The van der Waals surface area contributed by atoms with Crippen LogP contribution < -0.4 is 20.9 Å². The molecule has 15 N–H and O–H groups in total. The van der Waals surface area contributed by atoms with E-state index in [-0.39, 0.29) is 49.1 Å². The number of nitrogens with one attached hydrogen (secondary N) is 3. The fourth-order valence-electron chi connectivity index (χ4n) is 7.77. The summed E-state index contributed by atoms with van der Waals surface area (Å²) in [6, 6.07) is 6.42. The van der Waals surface area contributed by atoms with Crippen molar-refractivity contribution in [3.8, 4) is 0 Å². The molecule has 0 aliphatic heterocycles. The Balaban J connectivity index is 1.26. The highest BCUT2D eigenvalue weighted by Crippen LogP contribution is 2.26. The SMILES string of the molecule is CCn1c(CNC(=O)c2nc3cc[nH]c3nc2N)[n+](CC)c2ccc(C(=O)N[C@H]3CC[C@@H](N(C[C@H](O)[C@@H](O)[C@H](O)[C@H](O)CO)C[C@H](O)[C@@H](O)[C@H](O)[C@H](O)CO)CC3)cc21. The summed E-state index contributed by atoms with van der Waals surface area (Å²) in [6.07, 6.45) is -11.0. The molecule has 0 spiro atoms. The summed E-state index contributed by atoms with van der Waals surface area (Å²) >= 11 is 0. The van der Waals surface area contributed by atoms with Gasteiger partial charge >= 0.3 is 0 Å². The Kier molecular flexibility index (Phi) is 15.7. The van der Waals surface area contributed by atoms with Crippen LogP contribution in [0.5, 0.6) is 0 Å². The first kappa shape index (κ1) is 45.7. The molecule has 0 bridgehead atoms. The fourth-order valence-corrected chi connectivity index (χ4v) is 7.77. The number of aliphatic hydroxyl groups is 10. The number of aromatic amines is 1. The molecule has 21 heteroatoms. The first-order chi connectivity index (χ1) is 28.1. The van der Waals surface area contributed by atoms with Crippen LogP contribution >= 0.6 is 0 Å². The van der Waals surface area contributed by atoms with Crippen molar-refractivity contribution in [1.82, 2.24) is 35.1 Å². The topological polar surface area (TPSA) is 340 Å². The van der Waals surface area contributed by atoms with E-state index >= 15 is 0 Å². The number of amides is 2. The molecule has 5 rings (SSSR count). The highest BCUT2D eigenvalue weighted by molar-refractivity contribution is 5.98. The molecule has 1 aliphatic carbocycles. The number of nitrogens with zero attached hydrogens (tertiary/aromatic N) is 5. The van der Waals surface area contributed by atoms with Crippen LogP contribution in [0.1, 0.15) is 66.2 Å². The molecule has 59 heavy (non-hydrogen) atoms. The molecule has 3 heterocycles. The van der Waals surface area contributed by atoms with Crippen LogP contribution in [0.25, 0.3) is 22.2 Å². The summed E-state index contributed by atoms with van der Waals surface area (Å²) in [5.41, 5.74) is 9.09. The molecular formula is C38H58N9O12+. The Morgan fingerprint density at radius 3 is 2.02 bits per heavy atom. The number of imidazole rings is 1. The van der Waals surface area contributed by atoms with Gasteiger partial charge in [-0.05, 0) is 57.7 Å². The van der Waals surface area contributed by atoms with Crippen molar-refractivity contribution in [2.45, 2.75) is 120 Å². The van der Waals surface area contributed by atoms with Crippen molar-refractivity contribution in [2.75, 3.05) is 32.0 Å². The van der Waals surface area contributed by atoms with Gasteiger partial charge in [-0.1, -0.05) is 0 Å². The molecule has 8 atom stereocenters. The molecule has 1 aromatic carbocycles. The molecule has 1 fully saturated rings. The van der Waals surface area contributed by atoms with Crippen LogP contribution in [-0.4, -0.2) is 175 Å². The molecule has 4 aromatic rings. The third kappa shape index (κ3) is 10.3. The van der Waals surface area contributed by atoms with Crippen molar-refractivity contribution >= 4 is 39.8 Å². The van der Waals surface area contributed by atoms with Crippen molar-refractivity contribution in [2.24, 2.45) is 0 Å². The number of anilines is 1. The third-order valence-electron chi connectivity index (χ3n) is 11.2. The third-order valence-corrected chi connectivity index (χ3v) is 11.2. The Morgan fingerprint density at radius 2 is 1.46 bits per heavy atom. The number of hydrogen-bond acceptors (Lipinski definition) is 16. The van der Waals surface area contributed by atoms with E-state index < -0.39 is 68.0 Å². The number of aryl methyl sites for hydroxylation is 2. The lowest BCUT2D eigenvalue weighted by Gasteiger charge is -2.40. The Morgan fingerprint density at radius 1 is 0.864 bits per heavy atom. The summed E-state index contributed by atoms with van der Waals surface area (Å²) in [6.45, 7) is 2.72. The van der Waals surface area contributed by atoms with E-state index in [0.717, 1.165) is 16.9 Å². The lowest BCUT2D eigenvalue weighted by molar-refractivity contribution is -0.676. The first-order valence-electron chi connectivity index (χ1n) is 19.8. The number of rotatable bonds is 20. The number of nitrogens with two attached hydrogens (primary N) is 1. The zero-order valence-electron chi connectivity index (χ0n) is 33.0. The van der Waals surface area contributed by atoms with E-state index in [4.69, 9.17) is 5.73 Å². The first-order valence-corrected chi connectivity index (χ1v) is 19.8. The minimum atomic E-state index is -1.90. The standard InChI is InChI=1S/C38H57N9O12/c1-3-46-23-10-5-19(13-24(23)47(4-2)29(46)14-41-38(59)30-35(39)44-36-22(43-30)11-12-40-36)37(58)42-20-6-8-21(9-7-20)45(15-25(50)31(54)33(56)27(52)17-48)16-26(51)32(55)34(57)28(53)18-49/h5,10-13,20-21,25-28,31-34,48-57H,3-4,6-9,14-18H2,1-2H3,(H4-,39,40,41,42,43,44,58,59)/p+1/t20-,21+,25-,26-,27+,28+,31+,32+,33+,34+/m0/s1. The van der Waals surface area contributed by atoms with Crippen LogP contribution in [-0.2, 0) is 19.6 Å². The van der Waals surface area contributed by atoms with Gasteiger partial charge < -0.3 is 72.4 Å². The summed E-state index contributed by atoms with van der Waals surface area (Å²) < 4.78 is 4.07. The number of fused-ring (bicyclic) bond motifs is 2. The maximum absolute atomic E-state index is 13.7. The maximum Gasteiger partial charge on any atom is 0.277 e. The van der Waals surface area contributed by atoms with Gasteiger partial charge in [0.2, 0.25) is 0 Å². The second-order valence-corrected chi connectivity index (χ2v) is 15.0. The molecule has 1 saturated carbocycles. The number of aliphatic hydroxyl groups excluding tert-OH is 10. The fraction of sp³-hybridized carbons (Fsp3) is 0.605. The number of nitrogen functional groups attached to an aromatic ring is 1. The van der Waals surface area contributed by atoms with Gasteiger partial charge in [0.1, 0.15) is 48.7 Å². The number of benzene rings is 1. The number of H-pyrrole nitrogens is 1. The zero-order chi connectivity index (χ0) is 43.1. The van der Waals surface area contributed by atoms with E-state index in [0.29, 0.717) is 55.5 Å². The number of aromatic nitrogens is 5. The Labute approximate surface area is 339 Å². The molecule has 2 amide bonds. The molecule has 1 aliphatic rings. The van der Waals surface area contributed by atoms with Crippen molar-refractivity contribution in [3.63, 3.8) is 0 Å². The van der Waals surface area contributed by atoms with Crippen molar-refractivity contribution in [1.29, 1.82) is 0 Å². The van der Waals surface area contributed by atoms with Gasteiger partial charge in [0, 0.05) is 43.0 Å². The van der Waals surface area contributed by atoms with Gasteiger partial charge in [0.15, 0.2) is 28.2 Å². The van der Waals surface area contributed by atoms with Gasteiger partial charge in [0.25, 0.3) is 17.6 Å². The molecule has 326 valence electrons. The van der Waals surface area contributed by atoms with Crippen LogP contribution in [0.15, 0.2) is 30.5 Å². The summed E-state index contributed by atoms with van der Waals surface area (Å²) in [5, 5.41) is 107. The maximum atomic E-state index is 13.7. The number of carbonyl (C=O) groups excluding carboxylic acids is 2. The summed E-state index contributed by atoms with van der Waals surface area (Å²) in [7, 11) is 0. The van der Waals surface area contributed by atoms with E-state index in [2.05, 4.69) is 30.2 Å². The monoisotopic (exact) mass is 832 g/mol. The van der Waals surface area contributed by atoms with Crippen molar-refractivity contribution < 1.29 is 65.2 Å². The normalized spacial score (nSPS) is 20.2. The Hall–Kier alpha value is -4.39. The molecular weight excluding hydrogens is 774 g/mol. The smallest absolute Gasteiger partial charge is 0.277 e. The van der Waals surface area contributed by atoms with Gasteiger partial charge in [-0.3, -0.25) is 14.5 Å². The quantitative estimate of drug-likeness (QED) is 0.0377. The number of hydrogen-bond donors (Lipinski definition) is 14. The average molecular weight is 833 g/mol. The minimum absolute atomic E-state index is 0.00395. The minimum Gasteiger partial charge on any atom is -0.394 e. The molecule has 0 unspecified atom stereocenters. The molecule has 0 saturated heterocycles. The van der Waals surface area contributed by atoms with Crippen LogP contribution in [0.2, 0.25) is 0 Å². The van der Waals surface area contributed by atoms with Gasteiger partial charge in [-0.2, -0.15) is 0 Å². The van der Waals surface area contributed by atoms with Gasteiger partial charge in [-0.25, -0.2) is 19.1 Å². The predicted octanol–water partition coefficient (Wildman–Crippen LogP) is -4.03. The van der Waals surface area contributed by atoms with E-state index in [1.807, 2.05) is 24.5 Å². The molecule has 3 aromatic heterocycles. The van der Waals surface area contributed by atoms with Crippen molar-refractivity contribution in [3.05, 3.63) is 47.5 Å². The second-order valence-electron chi connectivity index (χ2n) is 15.0. The number of carbonyl (C=O) groups is 2. The van der Waals surface area contributed by atoms with E-state index in [9.17, 15) is 60.7 Å². The van der Waals surface area contributed by atoms with E-state index in [1.165, 1.54) is 4.90 Å². The van der Waals surface area contributed by atoms with Crippen LogP contribution in [0.4, 0.5) is 5.82 Å². The highest BCUT2D eigenvalue weighted by atomic mass is 16.4. The summed E-state index contributed by atoms with van der Waals surface area (Å²) in [4.78, 5) is 39.9. The zero-order valence-corrected chi connectivity index (χ0v) is 33.0. The van der Waals surface area contributed by atoms with Crippen LogP contribution in [0.3, 0.4) is 0 Å². The summed E-state index contributed by atoms with van der Waals surface area (Å²) in [5.74, 6) is -0.00667. The largest absolute Gasteiger partial charge is 0.394 e. The van der Waals surface area contributed by atoms with Crippen LogP contribution in [0, 0.1) is 0 Å². The highest BCUT2D eigenvalue weighted by Gasteiger charge is 2.37. The van der Waals surface area contributed by atoms with Gasteiger partial charge in [-0.15, -0.1) is 0 Å². The second kappa shape index (κ2) is 20.2. The average Bonchev–Trinajstić information content (AvgIpc) is 3.83. The van der Waals surface area contributed by atoms with E-state index in [1.54, 1.807) is 24.4 Å². The molecule has 0 radical (unpaired) electrons. The lowest BCUT2D eigenvalue weighted by atomic mass is 9.89. The van der Waals surface area contributed by atoms with Gasteiger partial charge in [0.05, 0.1) is 38.5 Å². The predicted molar refractivity (Wildman–Crippen MR) is 210 cm³/mol. The Bertz CT molecular complexity index is 1990. The lowest BCUT2D eigenvalue weighted by Crippen LogP contribution is -2.56.